The van der Waals surface area contributed by atoms with Gasteiger partial charge in [0.05, 0.1) is 18.4 Å². The zero-order chi connectivity index (χ0) is 27.9. The van der Waals surface area contributed by atoms with Crippen molar-refractivity contribution >= 4 is 39.0 Å². The highest BCUT2D eigenvalue weighted by Crippen LogP contribution is 2.47. The number of amides is 1. The van der Waals surface area contributed by atoms with Crippen LogP contribution in [0.3, 0.4) is 0 Å². The Morgan fingerprint density at radius 1 is 1.23 bits per heavy atom. The summed E-state index contributed by atoms with van der Waals surface area (Å²) in [7, 11) is -1.23. The molecule has 1 amide bonds. The molecule has 2 bridgehead atoms. The van der Waals surface area contributed by atoms with Crippen LogP contribution in [0.15, 0.2) is 48.6 Å². The Balaban J connectivity index is 1.42. The molecule has 2 aliphatic heterocycles. The normalized spacial score (nSPS) is 33.0. The Kier molecular flexibility index (Phi) is 7.63. The van der Waals surface area contributed by atoms with Crippen molar-refractivity contribution in [1.82, 2.24) is 9.44 Å². The van der Waals surface area contributed by atoms with Gasteiger partial charge in [0.15, 0.2) is 0 Å². The molecular weight excluding hydrogens is 546 g/mol. The molecule has 1 fully saturated rings. The van der Waals surface area contributed by atoms with E-state index in [0.717, 1.165) is 61.7 Å². The molecule has 0 radical (unpaired) electrons. The number of nitrogens with one attached hydrogen (secondary N) is 2. The number of benzene rings is 2. The van der Waals surface area contributed by atoms with E-state index < -0.39 is 15.8 Å². The summed E-state index contributed by atoms with van der Waals surface area (Å²) < 4.78 is 31.0. The first-order valence-corrected chi connectivity index (χ1v) is 16.3. The summed E-state index contributed by atoms with van der Waals surface area (Å²) >= 11 is 6.40. The molecule has 1 spiro atoms. The Morgan fingerprint density at radius 2 is 2.10 bits per heavy atom. The van der Waals surface area contributed by atoms with Crippen LogP contribution < -0.4 is 19.1 Å². The van der Waals surface area contributed by atoms with E-state index in [2.05, 4.69) is 44.5 Å². The lowest BCUT2D eigenvalue weighted by Gasteiger charge is -2.46. The summed E-state index contributed by atoms with van der Waals surface area (Å²) in [6.07, 6.45) is 10.2. The number of aryl methyl sites for hydroxylation is 1. The van der Waals surface area contributed by atoms with Gasteiger partial charge in [0.25, 0.3) is 5.91 Å². The summed E-state index contributed by atoms with van der Waals surface area (Å²) in [5.41, 5.74) is 3.75. The first-order valence-electron chi connectivity index (χ1n) is 14.2. The lowest BCUT2D eigenvalue weighted by molar-refractivity contribution is 0.0132. The number of ether oxygens (including phenoxy) is 2. The topological polar surface area (TPSA) is 79.9 Å². The number of nitrogens with zero attached hydrogens (tertiary/aromatic N) is 1. The van der Waals surface area contributed by atoms with Gasteiger partial charge >= 0.3 is 0 Å². The van der Waals surface area contributed by atoms with Crippen molar-refractivity contribution in [2.75, 3.05) is 38.3 Å². The van der Waals surface area contributed by atoms with Crippen LogP contribution in [0.1, 0.15) is 53.6 Å². The maximum absolute atomic E-state index is 13.2. The Morgan fingerprint density at radius 3 is 2.90 bits per heavy atom. The van der Waals surface area contributed by atoms with E-state index in [1.165, 1.54) is 11.1 Å². The van der Waals surface area contributed by atoms with Crippen molar-refractivity contribution < 1.29 is 18.5 Å². The van der Waals surface area contributed by atoms with Crippen LogP contribution in [-0.4, -0.2) is 55.4 Å². The van der Waals surface area contributed by atoms with Crippen LogP contribution in [0.4, 0.5) is 5.69 Å². The molecule has 2 aromatic carbocycles. The predicted octanol–water partition coefficient (Wildman–Crippen LogP) is 4.68. The molecule has 4 aliphatic rings. The zero-order valence-electron chi connectivity index (χ0n) is 23.0. The lowest BCUT2D eigenvalue weighted by Crippen LogP contribution is -2.49. The number of anilines is 1. The molecular formula is C31H38ClN3O4S. The van der Waals surface area contributed by atoms with Crippen molar-refractivity contribution in [2.45, 2.75) is 50.0 Å². The largest absolute Gasteiger partial charge is 0.490 e. The van der Waals surface area contributed by atoms with Crippen molar-refractivity contribution in [1.29, 1.82) is 0 Å². The molecule has 5 atom stereocenters. The van der Waals surface area contributed by atoms with Crippen LogP contribution in [0.25, 0.3) is 0 Å². The minimum Gasteiger partial charge on any atom is -0.490 e. The van der Waals surface area contributed by atoms with Gasteiger partial charge in [-0.2, -0.15) is 0 Å². The molecule has 7 nitrogen and oxygen atoms in total. The number of hydrogen-bond donors (Lipinski definition) is 2. The molecule has 2 aliphatic carbocycles. The molecule has 214 valence electrons. The average Bonchev–Trinajstić information content (AvgIpc) is 3.06. The van der Waals surface area contributed by atoms with Gasteiger partial charge in [-0.25, -0.2) is 8.93 Å². The maximum Gasteiger partial charge on any atom is 0.263 e. The quantitative estimate of drug-likeness (QED) is 0.376. The minimum atomic E-state index is -3.01. The van der Waals surface area contributed by atoms with Crippen LogP contribution in [-0.2, 0) is 26.5 Å². The van der Waals surface area contributed by atoms with Crippen LogP contribution in [0.5, 0.6) is 5.75 Å². The Hall–Kier alpha value is -2.52. The summed E-state index contributed by atoms with van der Waals surface area (Å²) in [6, 6.07) is 11.8. The number of hydrogen-bond acceptors (Lipinski definition) is 5. The zero-order valence-corrected chi connectivity index (χ0v) is 24.6. The summed E-state index contributed by atoms with van der Waals surface area (Å²) in [4.78, 5) is 15.7. The number of rotatable bonds is 1. The van der Waals surface area contributed by atoms with Crippen molar-refractivity contribution in [3.05, 3.63) is 70.3 Å². The Bertz CT molecular complexity index is 1430. The third-order valence-electron chi connectivity index (χ3n) is 9.15. The van der Waals surface area contributed by atoms with E-state index in [-0.39, 0.29) is 11.5 Å². The number of carbonyl (C=O) groups is 1. The van der Waals surface area contributed by atoms with Crippen LogP contribution in [0, 0.1) is 11.8 Å². The fourth-order valence-electron chi connectivity index (χ4n) is 6.97. The highest BCUT2D eigenvalue weighted by atomic mass is 35.5. The van der Waals surface area contributed by atoms with Crippen molar-refractivity contribution in [3.63, 3.8) is 0 Å². The highest BCUT2D eigenvalue weighted by molar-refractivity contribution is 7.97. The molecule has 6 rings (SSSR count). The second-order valence-electron chi connectivity index (χ2n) is 11.7. The third kappa shape index (κ3) is 5.39. The van der Waals surface area contributed by atoms with E-state index in [1.807, 2.05) is 18.2 Å². The van der Waals surface area contributed by atoms with Gasteiger partial charge in [-0.3, -0.25) is 9.52 Å². The molecule has 1 unspecified atom stereocenters. The summed E-state index contributed by atoms with van der Waals surface area (Å²) in [6.45, 7) is 2.62. The molecule has 2 heterocycles. The van der Waals surface area contributed by atoms with E-state index in [4.69, 9.17) is 21.1 Å². The van der Waals surface area contributed by atoms with E-state index in [1.54, 1.807) is 13.2 Å². The number of carbonyl (C=O) groups excluding carboxylic acids is 1. The number of methoxy groups -OCH3 is 1. The number of fused-ring (bicyclic) bond motifs is 4. The molecule has 1 saturated carbocycles. The van der Waals surface area contributed by atoms with E-state index >= 15 is 0 Å². The standard InChI is InChI=1S/C31H38ClN3O4S/c1-38-28-7-3-4-15-33-40(2,37)34-30(36)22-9-13-29-27(17-22)35(18-23-8-11-25(23)28)19-31(20-39-29)14-5-6-21-16-24(32)10-12-26(21)31/h3,7,9-10,12-13,16-17,23,25,28H,2,4-6,8,11,14-15,18-20H2,1H3,(H2,33,34,36,37)/b7-3+/t23-,25+,28-,31-,40?/m0/s1. The fraction of sp³-hybridized carbons (Fsp3) is 0.484. The molecule has 40 heavy (non-hydrogen) atoms. The summed E-state index contributed by atoms with van der Waals surface area (Å²) in [5, 5.41) is 0.766. The second kappa shape index (κ2) is 11.0. The van der Waals surface area contributed by atoms with Gasteiger partial charge in [-0.05, 0) is 97.7 Å². The predicted molar refractivity (Wildman–Crippen MR) is 162 cm³/mol. The minimum absolute atomic E-state index is 0.0241. The summed E-state index contributed by atoms with van der Waals surface area (Å²) in [5.74, 6) is 4.94. The third-order valence-corrected chi connectivity index (χ3v) is 10.6. The smallest absolute Gasteiger partial charge is 0.263 e. The Labute approximate surface area is 242 Å². The van der Waals surface area contributed by atoms with E-state index in [0.29, 0.717) is 37.0 Å². The van der Waals surface area contributed by atoms with Gasteiger partial charge in [-0.1, -0.05) is 29.8 Å². The van der Waals surface area contributed by atoms with Crippen molar-refractivity contribution in [3.8, 4) is 5.75 Å². The lowest BCUT2D eigenvalue weighted by atomic mass is 9.68. The highest BCUT2D eigenvalue weighted by Gasteiger charge is 2.44. The van der Waals surface area contributed by atoms with Gasteiger partial charge in [0.1, 0.15) is 15.6 Å². The van der Waals surface area contributed by atoms with Crippen LogP contribution >= 0.6 is 11.6 Å². The molecule has 2 aromatic rings. The molecule has 0 saturated heterocycles. The maximum atomic E-state index is 13.2. The molecule has 9 heteroatoms. The van der Waals surface area contributed by atoms with Gasteiger partial charge < -0.3 is 14.4 Å². The second-order valence-corrected chi connectivity index (χ2v) is 14.0. The monoisotopic (exact) mass is 583 g/mol. The van der Waals surface area contributed by atoms with Gasteiger partial charge in [0.2, 0.25) is 0 Å². The molecule has 2 N–H and O–H groups in total. The van der Waals surface area contributed by atoms with Crippen molar-refractivity contribution in [2.24, 2.45) is 11.8 Å². The first-order chi connectivity index (χ1) is 19.3. The molecule has 0 aromatic heterocycles. The number of halogens is 1. The average molecular weight is 584 g/mol. The fourth-order valence-corrected chi connectivity index (χ4v) is 8.10. The van der Waals surface area contributed by atoms with E-state index in [9.17, 15) is 9.00 Å². The SMILES string of the molecule is C=S1(=O)NCC/C=C/[C@H](OC)[C@@H]2CC[C@H]2CN2C[C@@]3(CCCc4cc(Cl)ccc43)COc3ccc(cc32)C(=O)N1. The van der Waals surface area contributed by atoms with Gasteiger partial charge in [0, 0.05) is 42.7 Å². The van der Waals surface area contributed by atoms with Crippen LogP contribution in [0.2, 0.25) is 5.02 Å². The first kappa shape index (κ1) is 27.6. The van der Waals surface area contributed by atoms with Gasteiger partial charge in [-0.15, -0.1) is 0 Å².